The van der Waals surface area contributed by atoms with Crippen molar-refractivity contribution >= 4 is 12.0 Å². The van der Waals surface area contributed by atoms with E-state index in [-0.39, 0.29) is 12.1 Å². The number of aromatic nitrogens is 4. The van der Waals surface area contributed by atoms with Gasteiger partial charge in [0, 0.05) is 31.4 Å². The van der Waals surface area contributed by atoms with Crippen molar-refractivity contribution < 1.29 is 9.53 Å². The van der Waals surface area contributed by atoms with Crippen molar-refractivity contribution in [2.75, 3.05) is 18.4 Å². The molecule has 3 heterocycles. The highest BCUT2D eigenvalue weighted by Crippen LogP contribution is 2.24. The molecule has 1 aromatic carbocycles. The van der Waals surface area contributed by atoms with Gasteiger partial charge >= 0.3 is 6.09 Å². The molecule has 0 atom stereocenters. The minimum Gasteiger partial charge on any atom is -0.445 e. The number of carbonyl (C=O) groups is 1. The zero-order chi connectivity index (χ0) is 22.5. The van der Waals surface area contributed by atoms with Crippen molar-refractivity contribution in [3.05, 3.63) is 60.2 Å². The molecule has 1 fully saturated rings. The van der Waals surface area contributed by atoms with Crippen LogP contribution in [0.15, 0.2) is 48.8 Å². The molecule has 1 amide bonds. The third-order valence-corrected chi connectivity index (χ3v) is 5.71. The number of amides is 1. The van der Waals surface area contributed by atoms with Gasteiger partial charge in [0.15, 0.2) is 0 Å². The summed E-state index contributed by atoms with van der Waals surface area (Å²) in [4.78, 5) is 27.7. The van der Waals surface area contributed by atoms with Crippen LogP contribution in [0.1, 0.15) is 44.1 Å². The fourth-order valence-electron chi connectivity index (χ4n) is 4.07. The van der Waals surface area contributed by atoms with Crippen LogP contribution in [0, 0.1) is 6.92 Å². The summed E-state index contributed by atoms with van der Waals surface area (Å²) in [6.07, 6.45) is 5.01. The number of benzene rings is 1. The van der Waals surface area contributed by atoms with Crippen LogP contribution < -0.4 is 5.32 Å². The molecule has 8 nitrogen and oxygen atoms in total. The predicted molar refractivity (Wildman–Crippen MR) is 123 cm³/mol. The Morgan fingerprint density at radius 3 is 2.62 bits per heavy atom. The van der Waals surface area contributed by atoms with E-state index in [1.807, 2.05) is 49.5 Å². The highest BCUT2D eigenvalue weighted by atomic mass is 16.6. The maximum atomic E-state index is 12.4. The number of likely N-dealkylation sites (tertiary alicyclic amines) is 1. The predicted octanol–water partition coefficient (Wildman–Crippen LogP) is 4.44. The van der Waals surface area contributed by atoms with Crippen LogP contribution in [-0.2, 0) is 11.3 Å². The van der Waals surface area contributed by atoms with Gasteiger partial charge in [-0.25, -0.2) is 19.7 Å². The van der Waals surface area contributed by atoms with Gasteiger partial charge in [-0.05, 0) is 45.2 Å². The quantitative estimate of drug-likeness (QED) is 0.617. The Morgan fingerprint density at radius 2 is 1.91 bits per heavy atom. The van der Waals surface area contributed by atoms with Gasteiger partial charge in [-0.1, -0.05) is 30.3 Å². The standard InChI is InChI=1S/C24H30N6O2/c1-17(2)30-18(3)26-15-22(30)21-9-12-25-23(28-21)27-20-10-13-29(14-11-20)24(31)32-16-19-7-5-4-6-8-19/h4-9,12,15,17,20H,10-11,13-14,16H2,1-3H3,(H,25,27,28). The van der Waals surface area contributed by atoms with Crippen LogP contribution in [0.4, 0.5) is 10.7 Å². The molecule has 1 aliphatic heterocycles. The second kappa shape index (κ2) is 9.80. The lowest BCUT2D eigenvalue weighted by molar-refractivity contribution is 0.0881. The highest BCUT2D eigenvalue weighted by Gasteiger charge is 2.24. The molecule has 0 spiro atoms. The second-order valence-electron chi connectivity index (χ2n) is 8.37. The number of nitrogens with zero attached hydrogens (tertiary/aromatic N) is 5. The molecule has 1 saturated heterocycles. The summed E-state index contributed by atoms with van der Waals surface area (Å²) < 4.78 is 7.62. The van der Waals surface area contributed by atoms with E-state index in [2.05, 4.69) is 33.7 Å². The summed E-state index contributed by atoms with van der Waals surface area (Å²) in [5.41, 5.74) is 2.82. The maximum Gasteiger partial charge on any atom is 0.410 e. The number of anilines is 1. The number of piperidine rings is 1. The third-order valence-electron chi connectivity index (χ3n) is 5.71. The molecule has 0 aliphatic carbocycles. The third kappa shape index (κ3) is 5.07. The largest absolute Gasteiger partial charge is 0.445 e. The second-order valence-corrected chi connectivity index (χ2v) is 8.37. The summed E-state index contributed by atoms with van der Waals surface area (Å²) >= 11 is 0. The zero-order valence-corrected chi connectivity index (χ0v) is 18.9. The van der Waals surface area contributed by atoms with Crippen molar-refractivity contribution in [1.82, 2.24) is 24.4 Å². The molecule has 2 aromatic heterocycles. The number of nitrogens with one attached hydrogen (secondary N) is 1. The molecule has 8 heteroatoms. The van der Waals surface area contributed by atoms with Crippen LogP contribution in [0.5, 0.6) is 0 Å². The van der Waals surface area contributed by atoms with E-state index in [0.717, 1.165) is 35.6 Å². The van der Waals surface area contributed by atoms with Gasteiger partial charge in [-0.2, -0.15) is 0 Å². The lowest BCUT2D eigenvalue weighted by atomic mass is 10.1. The lowest BCUT2D eigenvalue weighted by Crippen LogP contribution is -2.42. The van der Waals surface area contributed by atoms with E-state index in [1.165, 1.54) is 0 Å². The Morgan fingerprint density at radius 1 is 1.16 bits per heavy atom. The summed E-state index contributed by atoms with van der Waals surface area (Å²) in [6, 6.07) is 12.1. The molecule has 0 unspecified atom stereocenters. The topological polar surface area (TPSA) is 85.2 Å². The van der Waals surface area contributed by atoms with Crippen molar-refractivity contribution in [2.45, 2.75) is 52.3 Å². The molecule has 1 N–H and O–H groups in total. The Kier molecular flexibility index (Phi) is 6.68. The number of carbonyl (C=O) groups excluding carboxylic acids is 1. The van der Waals surface area contributed by atoms with Gasteiger partial charge in [-0.15, -0.1) is 0 Å². The van der Waals surface area contributed by atoms with Crippen LogP contribution >= 0.6 is 0 Å². The number of hydrogen-bond donors (Lipinski definition) is 1. The van der Waals surface area contributed by atoms with Crippen LogP contribution in [-0.4, -0.2) is 49.6 Å². The SMILES string of the molecule is Cc1ncc(-c2ccnc(NC3CCN(C(=O)OCc4ccccc4)CC3)n2)n1C(C)C. The first-order valence-electron chi connectivity index (χ1n) is 11.1. The molecule has 1 aliphatic rings. The van der Waals surface area contributed by atoms with E-state index in [4.69, 9.17) is 9.72 Å². The van der Waals surface area contributed by atoms with E-state index in [0.29, 0.717) is 31.7 Å². The Hall–Kier alpha value is -3.42. The smallest absolute Gasteiger partial charge is 0.410 e. The van der Waals surface area contributed by atoms with Gasteiger partial charge in [0.05, 0.1) is 17.6 Å². The van der Waals surface area contributed by atoms with Crippen molar-refractivity contribution in [3.63, 3.8) is 0 Å². The molecular formula is C24H30N6O2. The van der Waals surface area contributed by atoms with Crippen molar-refractivity contribution in [2.24, 2.45) is 0 Å². The number of rotatable bonds is 6. The van der Waals surface area contributed by atoms with E-state index in [9.17, 15) is 4.79 Å². The van der Waals surface area contributed by atoms with E-state index in [1.54, 1.807) is 11.1 Å². The first-order valence-corrected chi connectivity index (χ1v) is 11.1. The number of hydrogen-bond acceptors (Lipinski definition) is 6. The first-order chi connectivity index (χ1) is 15.5. The van der Waals surface area contributed by atoms with Gasteiger partial charge in [-0.3, -0.25) is 0 Å². The Balaban J connectivity index is 1.32. The van der Waals surface area contributed by atoms with Crippen LogP contribution in [0.3, 0.4) is 0 Å². The van der Waals surface area contributed by atoms with Crippen LogP contribution in [0.2, 0.25) is 0 Å². The average molecular weight is 435 g/mol. The fourth-order valence-corrected chi connectivity index (χ4v) is 4.07. The van der Waals surface area contributed by atoms with Gasteiger partial charge in [0.25, 0.3) is 0 Å². The minimum absolute atomic E-state index is 0.208. The van der Waals surface area contributed by atoms with Crippen LogP contribution in [0.25, 0.3) is 11.4 Å². The Labute approximate surface area is 188 Å². The highest BCUT2D eigenvalue weighted by molar-refractivity contribution is 5.67. The monoisotopic (exact) mass is 434 g/mol. The molecule has 0 bridgehead atoms. The average Bonchev–Trinajstić information content (AvgIpc) is 3.20. The molecule has 0 radical (unpaired) electrons. The number of imidazole rings is 1. The molecule has 3 aromatic rings. The first kappa shape index (κ1) is 21.8. The maximum absolute atomic E-state index is 12.4. The van der Waals surface area contributed by atoms with Crippen molar-refractivity contribution in [1.29, 1.82) is 0 Å². The van der Waals surface area contributed by atoms with E-state index >= 15 is 0 Å². The normalized spacial score (nSPS) is 14.6. The molecular weight excluding hydrogens is 404 g/mol. The number of ether oxygens (including phenoxy) is 1. The molecule has 32 heavy (non-hydrogen) atoms. The summed E-state index contributed by atoms with van der Waals surface area (Å²) in [7, 11) is 0. The Bertz CT molecular complexity index is 1040. The van der Waals surface area contributed by atoms with Crippen molar-refractivity contribution in [3.8, 4) is 11.4 Å². The fraction of sp³-hybridized carbons (Fsp3) is 0.417. The summed E-state index contributed by atoms with van der Waals surface area (Å²) in [6.45, 7) is 7.86. The lowest BCUT2D eigenvalue weighted by Gasteiger charge is -2.31. The number of aryl methyl sites for hydroxylation is 1. The molecule has 0 saturated carbocycles. The summed E-state index contributed by atoms with van der Waals surface area (Å²) in [5, 5.41) is 3.43. The molecule has 4 rings (SSSR count). The molecule has 168 valence electrons. The summed E-state index contributed by atoms with van der Waals surface area (Å²) in [5.74, 6) is 1.57. The minimum atomic E-state index is -0.261. The van der Waals surface area contributed by atoms with E-state index < -0.39 is 0 Å². The van der Waals surface area contributed by atoms with Gasteiger partial charge in [0.1, 0.15) is 12.4 Å². The zero-order valence-electron chi connectivity index (χ0n) is 18.9. The van der Waals surface area contributed by atoms with Gasteiger partial charge < -0.3 is 19.5 Å². The van der Waals surface area contributed by atoms with Gasteiger partial charge in [0.2, 0.25) is 5.95 Å².